The van der Waals surface area contributed by atoms with Crippen LogP contribution < -0.4 is 30.6 Å². The van der Waals surface area contributed by atoms with Gasteiger partial charge in [0.25, 0.3) is 0 Å². The molecule has 40 heavy (non-hydrogen) atoms. The minimum absolute atomic E-state index is 0. The molecule has 12 nitrogen and oxygen atoms in total. The number of nitrogens with zero attached hydrogens (tertiary/aromatic N) is 6. The van der Waals surface area contributed by atoms with Gasteiger partial charge in [-0.15, -0.1) is 0 Å². The molecule has 0 aliphatic rings. The van der Waals surface area contributed by atoms with Crippen LogP contribution in [-0.4, -0.2) is 64.3 Å². The normalized spacial score (nSPS) is 9.30. The number of anilines is 3. The molecule has 0 saturated carbocycles. The Labute approximate surface area is 252 Å². The van der Waals surface area contributed by atoms with Crippen LogP contribution in [0.15, 0.2) is 18.6 Å². The predicted molar refractivity (Wildman–Crippen MR) is 165 cm³/mol. The summed E-state index contributed by atoms with van der Waals surface area (Å²) in [5, 5.41) is 6.86. The Bertz CT molecular complexity index is 1040. The summed E-state index contributed by atoms with van der Waals surface area (Å²) >= 11 is 16.6. The van der Waals surface area contributed by atoms with Gasteiger partial charge in [0.1, 0.15) is 0 Å². The molecule has 0 amide bonds. The Balaban J connectivity index is 0. The number of unbranched alkanes of at least 4 members (excludes halogenated alkanes) is 2. The molecule has 3 aromatic heterocycles. The van der Waals surface area contributed by atoms with Crippen molar-refractivity contribution in [2.75, 3.05) is 50.8 Å². The first-order valence-electron chi connectivity index (χ1n) is 11.7. The fraction of sp³-hybridized carbons (Fsp3) is 0.520. The summed E-state index contributed by atoms with van der Waals surface area (Å²) in [4.78, 5) is 23.0. The van der Waals surface area contributed by atoms with Crippen LogP contribution in [0.5, 0.6) is 17.2 Å². The molecule has 0 aliphatic carbocycles. The van der Waals surface area contributed by atoms with Crippen LogP contribution in [0.25, 0.3) is 0 Å². The third kappa shape index (κ3) is 14.9. The second-order valence-corrected chi connectivity index (χ2v) is 8.29. The van der Waals surface area contributed by atoms with Gasteiger partial charge < -0.3 is 30.6 Å². The summed E-state index contributed by atoms with van der Waals surface area (Å²) in [7, 11) is 4.65. The number of nitrogens with two attached hydrogens (primary N) is 1. The van der Waals surface area contributed by atoms with Crippen LogP contribution in [0, 0.1) is 0 Å². The number of methoxy groups -OCH3 is 3. The Morgan fingerprint density at radius 1 is 0.675 bits per heavy atom. The van der Waals surface area contributed by atoms with Crippen molar-refractivity contribution in [3.63, 3.8) is 0 Å². The van der Waals surface area contributed by atoms with Crippen molar-refractivity contribution in [1.29, 1.82) is 0 Å². The molecular weight excluding hydrogens is 581 g/mol. The number of nitrogen functional groups attached to an aromatic ring is 1. The van der Waals surface area contributed by atoms with Gasteiger partial charge in [0.15, 0.2) is 34.0 Å². The number of nitrogens with one attached hydrogen (secondary N) is 2. The highest BCUT2D eigenvalue weighted by atomic mass is 35.5. The third-order valence-corrected chi connectivity index (χ3v) is 5.12. The molecule has 0 spiro atoms. The highest BCUT2D eigenvalue weighted by Crippen LogP contribution is 2.22. The fourth-order valence-corrected chi connectivity index (χ4v) is 3.04. The predicted octanol–water partition coefficient (Wildman–Crippen LogP) is 6.69. The molecule has 0 atom stereocenters. The lowest BCUT2D eigenvalue weighted by Crippen LogP contribution is -2.07. The van der Waals surface area contributed by atoms with E-state index in [-0.39, 0.29) is 36.5 Å². The molecule has 0 unspecified atom stereocenters. The van der Waals surface area contributed by atoms with Gasteiger partial charge in [0.05, 0.1) is 39.9 Å². The Morgan fingerprint density at radius 2 is 1.10 bits per heavy atom. The highest BCUT2D eigenvalue weighted by molar-refractivity contribution is 6.32. The topological polar surface area (TPSA) is 155 Å². The maximum Gasteiger partial charge on any atom is 0.224 e. The quantitative estimate of drug-likeness (QED) is 0.118. The summed E-state index contributed by atoms with van der Waals surface area (Å²) < 4.78 is 15.0. The lowest BCUT2D eigenvalue weighted by Gasteiger charge is -2.09. The first-order chi connectivity index (χ1) is 18.3. The average molecular weight is 623 g/mol. The fourth-order valence-electron chi connectivity index (χ4n) is 2.52. The van der Waals surface area contributed by atoms with E-state index in [2.05, 4.69) is 54.4 Å². The number of rotatable bonds is 11. The second kappa shape index (κ2) is 22.7. The number of hydrogen-bond donors (Lipinski definition) is 3. The van der Waals surface area contributed by atoms with Gasteiger partial charge in [-0.3, -0.25) is 0 Å². The van der Waals surface area contributed by atoms with Gasteiger partial charge in [-0.05, 0) is 36.0 Å². The van der Waals surface area contributed by atoms with Gasteiger partial charge in [0, 0.05) is 13.1 Å². The van der Waals surface area contributed by atoms with E-state index in [4.69, 9.17) is 54.7 Å². The van der Waals surface area contributed by atoms with Crippen molar-refractivity contribution in [1.82, 2.24) is 29.9 Å². The van der Waals surface area contributed by atoms with Crippen LogP contribution in [-0.2, 0) is 0 Å². The van der Waals surface area contributed by atoms with Crippen molar-refractivity contribution in [3.8, 4) is 17.2 Å². The molecule has 0 aromatic carbocycles. The van der Waals surface area contributed by atoms with Crippen LogP contribution >= 0.6 is 34.8 Å². The van der Waals surface area contributed by atoms with Gasteiger partial charge in [0.2, 0.25) is 16.5 Å². The molecular formula is C25H42Cl3N9O3. The SMILES string of the molecule is C.C.CCCCNc1nc(Cl)ncc1OC.CCCCNc1nc(N)ncc1OC.COc1cnc(Cl)nc1Cl. The summed E-state index contributed by atoms with van der Waals surface area (Å²) in [5.41, 5.74) is 5.47. The molecule has 3 rings (SSSR count). The van der Waals surface area contributed by atoms with Crippen LogP contribution in [0.1, 0.15) is 54.4 Å². The minimum atomic E-state index is 0. The van der Waals surface area contributed by atoms with Crippen molar-refractivity contribution in [2.45, 2.75) is 54.4 Å². The maximum absolute atomic E-state index is 5.67. The van der Waals surface area contributed by atoms with Crippen molar-refractivity contribution in [2.24, 2.45) is 0 Å². The minimum Gasteiger partial charge on any atom is -0.492 e. The number of ether oxygens (including phenoxy) is 3. The van der Waals surface area contributed by atoms with Gasteiger partial charge in [-0.25, -0.2) is 19.9 Å². The molecule has 15 heteroatoms. The monoisotopic (exact) mass is 621 g/mol. The molecule has 0 aliphatic heterocycles. The summed E-state index contributed by atoms with van der Waals surface area (Å²) in [5.74, 6) is 3.23. The van der Waals surface area contributed by atoms with Crippen molar-refractivity contribution < 1.29 is 14.2 Å². The van der Waals surface area contributed by atoms with Gasteiger partial charge >= 0.3 is 0 Å². The van der Waals surface area contributed by atoms with Crippen LogP contribution in [0.4, 0.5) is 17.6 Å². The summed E-state index contributed by atoms with van der Waals surface area (Å²) in [6.45, 7) is 5.99. The second-order valence-electron chi connectivity index (χ2n) is 7.26. The van der Waals surface area contributed by atoms with E-state index in [1.54, 1.807) is 26.6 Å². The van der Waals surface area contributed by atoms with E-state index in [0.29, 0.717) is 28.9 Å². The zero-order chi connectivity index (χ0) is 28.3. The van der Waals surface area contributed by atoms with E-state index >= 15 is 0 Å². The summed E-state index contributed by atoms with van der Waals surface area (Å²) in [6.07, 6.45) is 8.99. The summed E-state index contributed by atoms with van der Waals surface area (Å²) in [6, 6.07) is 0. The molecule has 3 aromatic rings. The number of halogens is 3. The van der Waals surface area contributed by atoms with Crippen molar-refractivity contribution in [3.05, 3.63) is 34.3 Å². The molecule has 226 valence electrons. The van der Waals surface area contributed by atoms with E-state index in [1.807, 2.05) is 0 Å². The largest absolute Gasteiger partial charge is 0.492 e. The molecule has 4 N–H and O–H groups in total. The number of aromatic nitrogens is 6. The number of hydrogen-bond acceptors (Lipinski definition) is 12. The Hall–Kier alpha value is -3.09. The zero-order valence-electron chi connectivity index (χ0n) is 22.1. The van der Waals surface area contributed by atoms with Crippen LogP contribution in [0.2, 0.25) is 15.7 Å². The van der Waals surface area contributed by atoms with E-state index in [0.717, 1.165) is 38.8 Å². The molecule has 0 fully saturated rings. The standard InChI is InChI=1S/C9H14ClN3O.C9H16N4O.C5H4Cl2N2O.2CH4/c2*1-3-4-5-11-8-7(14-2)6-12-9(10)13-8;1-10-3-2-8-5(7)9-4(3)6;;/h6H,3-5H2,1-2H3,(H,11,12,13);6H,3-5H2,1-2H3,(H3,10,11,12,13);2H,1H3;2*1H4. The lowest BCUT2D eigenvalue weighted by molar-refractivity contribution is 0.411. The first-order valence-corrected chi connectivity index (χ1v) is 12.9. The average Bonchev–Trinajstić information content (AvgIpc) is 2.90. The van der Waals surface area contributed by atoms with Gasteiger partial charge in [-0.1, -0.05) is 53.1 Å². The molecule has 0 radical (unpaired) electrons. The Morgan fingerprint density at radius 3 is 1.55 bits per heavy atom. The highest BCUT2D eigenvalue weighted by Gasteiger charge is 2.06. The lowest BCUT2D eigenvalue weighted by atomic mass is 10.3. The van der Waals surface area contributed by atoms with E-state index in [9.17, 15) is 0 Å². The van der Waals surface area contributed by atoms with Crippen LogP contribution in [0.3, 0.4) is 0 Å². The van der Waals surface area contributed by atoms with E-state index in [1.165, 1.54) is 13.3 Å². The van der Waals surface area contributed by atoms with Crippen molar-refractivity contribution >= 4 is 52.4 Å². The smallest absolute Gasteiger partial charge is 0.224 e. The van der Waals surface area contributed by atoms with E-state index < -0.39 is 0 Å². The molecule has 3 heterocycles. The zero-order valence-corrected chi connectivity index (χ0v) is 24.4. The third-order valence-electron chi connectivity index (χ3n) is 4.49. The van der Waals surface area contributed by atoms with Gasteiger partial charge in [-0.2, -0.15) is 9.97 Å². The maximum atomic E-state index is 5.67. The molecule has 0 saturated heterocycles. The first kappa shape index (κ1) is 39.1. The Kier molecular flexibility index (Phi) is 22.2. The molecule has 0 bridgehead atoms.